The molecule has 25 heavy (non-hydrogen) atoms. The molecule has 0 spiro atoms. The predicted molar refractivity (Wildman–Crippen MR) is 79.6 cm³/mol. The third-order valence-corrected chi connectivity index (χ3v) is 2.34. The van der Waals surface area contributed by atoms with E-state index in [0.717, 1.165) is 6.08 Å². The van der Waals surface area contributed by atoms with Gasteiger partial charge in [-0.25, -0.2) is 14.4 Å². The Hall–Kier alpha value is -3.47. The van der Waals surface area contributed by atoms with E-state index in [0.29, 0.717) is 0 Å². The van der Waals surface area contributed by atoms with Gasteiger partial charge in [0.2, 0.25) is 17.3 Å². The zero-order chi connectivity index (χ0) is 20.1. The van der Waals surface area contributed by atoms with Gasteiger partial charge in [0.25, 0.3) is 0 Å². The second-order valence-electron chi connectivity index (χ2n) is 4.83. The first-order valence-corrected chi connectivity index (χ1v) is 6.28. The summed E-state index contributed by atoms with van der Waals surface area (Å²) in [6.07, 6.45) is 0.998. The Balaban J connectivity index is 0.000000547. The average Bonchev–Trinajstić information content (AvgIpc) is 2.46. The normalized spacial score (nSPS) is 10.2. The van der Waals surface area contributed by atoms with Gasteiger partial charge in [0.1, 0.15) is 11.1 Å². The Bertz CT molecular complexity index is 668. The molecule has 0 bridgehead atoms. The molecule has 138 valence electrons. The molecule has 0 heterocycles. The number of hydrogen-bond acceptors (Lipinski definition) is 9. The van der Waals surface area contributed by atoms with E-state index in [9.17, 15) is 14.4 Å². The molecule has 0 radical (unpaired) electrons. The number of hydrogen-bond donors (Lipinski definition) is 7. The molecule has 11 nitrogen and oxygen atoms in total. The van der Waals surface area contributed by atoms with Gasteiger partial charge in [0.05, 0.1) is 0 Å². The van der Waals surface area contributed by atoms with Crippen LogP contribution in [0.2, 0.25) is 0 Å². The highest BCUT2D eigenvalue weighted by atomic mass is 16.7. The minimum Gasteiger partial charge on any atom is -0.504 e. The fourth-order valence-corrected chi connectivity index (χ4v) is 1.40. The van der Waals surface area contributed by atoms with Gasteiger partial charge < -0.3 is 40.5 Å². The van der Waals surface area contributed by atoms with Crippen LogP contribution in [0, 0.1) is 0 Å². The van der Waals surface area contributed by atoms with Crippen molar-refractivity contribution in [3.8, 4) is 23.0 Å². The minimum atomic E-state index is -1.87. The highest BCUT2D eigenvalue weighted by Gasteiger charge is 2.31. The highest BCUT2D eigenvalue weighted by Crippen LogP contribution is 2.47. The lowest BCUT2D eigenvalue weighted by molar-refractivity contribution is -0.189. The highest BCUT2D eigenvalue weighted by molar-refractivity contribution is 6.07. The van der Waals surface area contributed by atoms with Crippen LogP contribution < -0.4 is 0 Å². The van der Waals surface area contributed by atoms with E-state index in [1.807, 2.05) is 0 Å². The van der Waals surface area contributed by atoms with Gasteiger partial charge in [-0.15, -0.1) is 0 Å². The minimum absolute atomic E-state index is 0.623. The Morgan fingerprint density at radius 1 is 0.880 bits per heavy atom. The molecule has 1 rings (SSSR count). The topological polar surface area (TPSA) is 202 Å². The second-order valence-corrected chi connectivity index (χ2v) is 4.83. The Morgan fingerprint density at radius 3 is 1.36 bits per heavy atom. The average molecular weight is 360 g/mol. The van der Waals surface area contributed by atoms with Crippen LogP contribution in [0.15, 0.2) is 12.7 Å². The van der Waals surface area contributed by atoms with Crippen molar-refractivity contribution in [2.75, 3.05) is 0 Å². The maximum Gasteiger partial charge on any atom is 0.340 e. The van der Waals surface area contributed by atoms with Crippen LogP contribution in [0.1, 0.15) is 34.6 Å². The third-order valence-electron chi connectivity index (χ3n) is 2.34. The van der Waals surface area contributed by atoms with E-state index in [4.69, 9.17) is 35.7 Å². The molecule has 0 aliphatic carbocycles. The van der Waals surface area contributed by atoms with Crippen LogP contribution in [0.5, 0.6) is 23.0 Å². The molecule has 0 atom stereocenters. The van der Waals surface area contributed by atoms with Gasteiger partial charge >= 0.3 is 17.9 Å². The van der Waals surface area contributed by atoms with Crippen LogP contribution in [0.4, 0.5) is 0 Å². The van der Waals surface area contributed by atoms with Crippen molar-refractivity contribution < 1.29 is 54.9 Å². The molecule has 0 fully saturated rings. The SMILES string of the molecule is C=CC(=O)OC(C)(C)O.O=C(O)c1c(O)c(O)c(O)c(O)c1C(=O)O. The zero-order valence-corrected chi connectivity index (χ0v) is 13.0. The summed E-state index contributed by atoms with van der Waals surface area (Å²) in [6.45, 7) is 5.90. The number of carboxylic acid groups (broad SMARTS) is 2. The molecule has 0 saturated heterocycles. The quantitative estimate of drug-likeness (QED) is 0.128. The number of aromatic carboxylic acids is 2. The number of carboxylic acids is 2. The van der Waals surface area contributed by atoms with Crippen molar-refractivity contribution >= 4 is 17.9 Å². The first-order chi connectivity index (χ1) is 11.2. The Labute approximate surface area is 140 Å². The number of rotatable bonds is 4. The van der Waals surface area contributed by atoms with Crippen molar-refractivity contribution in [2.45, 2.75) is 19.6 Å². The number of esters is 1. The summed E-state index contributed by atoms with van der Waals surface area (Å²) >= 11 is 0. The summed E-state index contributed by atoms with van der Waals surface area (Å²) < 4.78 is 4.39. The molecule has 1 aromatic carbocycles. The monoisotopic (exact) mass is 360 g/mol. The summed E-state index contributed by atoms with van der Waals surface area (Å²) in [7, 11) is 0. The van der Waals surface area contributed by atoms with E-state index in [1.165, 1.54) is 13.8 Å². The van der Waals surface area contributed by atoms with Crippen molar-refractivity contribution in [1.82, 2.24) is 0 Å². The molecule has 0 unspecified atom stereocenters. The number of carbonyl (C=O) groups excluding carboxylic acids is 1. The standard InChI is InChI=1S/C8H6O8.C6H10O3/c9-3-1(7(13)14)2(8(15)16)4(10)6(12)5(3)11;1-4-5(7)9-6(2,3)8/h9-12H,(H,13,14)(H,15,16);4,8H,1H2,2-3H3. The number of aliphatic hydroxyl groups is 1. The van der Waals surface area contributed by atoms with Crippen molar-refractivity contribution in [2.24, 2.45) is 0 Å². The maximum absolute atomic E-state index is 10.6. The van der Waals surface area contributed by atoms with Crippen molar-refractivity contribution in [3.05, 3.63) is 23.8 Å². The maximum atomic E-state index is 10.6. The number of aromatic hydroxyl groups is 4. The molecule has 0 aliphatic heterocycles. The van der Waals surface area contributed by atoms with Gasteiger partial charge in [-0.3, -0.25) is 0 Å². The fraction of sp³-hybridized carbons (Fsp3) is 0.214. The Morgan fingerprint density at radius 2 is 1.20 bits per heavy atom. The van der Waals surface area contributed by atoms with E-state index >= 15 is 0 Å². The van der Waals surface area contributed by atoms with Crippen molar-refractivity contribution in [3.63, 3.8) is 0 Å². The summed E-state index contributed by atoms with van der Waals surface area (Å²) in [5, 5.41) is 62.3. The largest absolute Gasteiger partial charge is 0.504 e. The fourth-order valence-electron chi connectivity index (χ4n) is 1.40. The molecular weight excluding hydrogens is 344 g/mol. The third kappa shape index (κ3) is 5.58. The number of phenols is 4. The van der Waals surface area contributed by atoms with Crippen LogP contribution in [-0.2, 0) is 9.53 Å². The predicted octanol–water partition coefficient (Wildman–Crippen LogP) is 0.349. The number of benzene rings is 1. The van der Waals surface area contributed by atoms with Crippen LogP contribution >= 0.6 is 0 Å². The van der Waals surface area contributed by atoms with E-state index in [2.05, 4.69) is 11.3 Å². The molecule has 7 N–H and O–H groups in total. The van der Waals surface area contributed by atoms with E-state index in [-0.39, 0.29) is 0 Å². The van der Waals surface area contributed by atoms with E-state index < -0.39 is 57.8 Å². The molecule has 0 saturated carbocycles. The van der Waals surface area contributed by atoms with Crippen LogP contribution in [-0.4, -0.2) is 59.4 Å². The van der Waals surface area contributed by atoms with Gasteiger partial charge in [-0.2, -0.15) is 0 Å². The lowest BCUT2D eigenvalue weighted by Crippen LogP contribution is -2.25. The first-order valence-electron chi connectivity index (χ1n) is 6.28. The molecule has 0 aliphatic rings. The van der Waals surface area contributed by atoms with Gasteiger partial charge in [0.15, 0.2) is 11.5 Å². The zero-order valence-electron chi connectivity index (χ0n) is 13.0. The summed E-state index contributed by atoms with van der Waals surface area (Å²) in [5.41, 5.74) is -2.42. The number of phenolic OH excluding ortho intramolecular Hbond substituents is 2. The number of carbonyl (C=O) groups is 3. The van der Waals surface area contributed by atoms with Gasteiger partial charge in [-0.1, -0.05) is 6.58 Å². The molecule has 0 aromatic heterocycles. The molecule has 0 amide bonds. The molecule has 11 heteroatoms. The first kappa shape index (κ1) is 21.5. The molecule has 1 aromatic rings. The van der Waals surface area contributed by atoms with E-state index in [1.54, 1.807) is 0 Å². The Kier molecular flexibility index (Phi) is 6.78. The van der Waals surface area contributed by atoms with Crippen molar-refractivity contribution in [1.29, 1.82) is 0 Å². The lowest BCUT2D eigenvalue weighted by atomic mass is 10.0. The smallest absolute Gasteiger partial charge is 0.340 e. The lowest BCUT2D eigenvalue weighted by Gasteiger charge is -2.15. The molecular formula is C14H16O11. The second kappa shape index (κ2) is 7.88. The summed E-state index contributed by atoms with van der Waals surface area (Å²) in [5.74, 6) is -11.0. The van der Waals surface area contributed by atoms with Crippen LogP contribution in [0.3, 0.4) is 0 Å². The van der Waals surface area contributed by atoms with Crippen LogP contribution in [0.25, 0.3) is 0 Å². The summed E-state index contributed by atoms with van der Waals surface area (Å²) in [4.78, 5) is 31.6. The summed E-state index contributed by atoms with van der Waals surface area (Å²) in [6, 6.07) is 0. The van der Waals surface area contributed by atoms with Gasteiger partial charge in [-0.05, 0) is 0 Å². The number of ether oxygens (including phenoxy) is 1. The van der Waals surface area contributed by atoms with Gasteiger partial charge in [0, 0.05) is 19.9 Å².